The highest BCUT2D eigenvalue weighted by atomic mass is 35.5. The van der Waals surface area contributed by atoms with Crippen LogP contribution in [0.4, 0.5) is 5.69 Å². The number of carbonyl (C=O) groups is 1. The molecule has 0 fully saturated rings. The highest BCUT2D eigenvalue weighted by molar-refractivity contribution is 6.30. The summed E-state index contributed by atoms with van der Waals surface area (Å²) in [6.07, 6.45) is 1.57. The molecule has 3 rings (SSSR count). The molecule has 0 bridgehead atoms. The molecule has 0 heterocycles. The van der Waals surface area contributed by atoms with E-state index in [1.807, 2.05) is 73.7 Å². The van der Waals surface area contributed by atoms with E-state index in [1.54, 1.807) is 12.3 Å². The number of amides is 1. The van der Waals surface area contributed by atoms with Crippen molar-refractivity contribution in [2.75, 3.05) is 11.9 Å². The van der Waals surface area contributed by atoms with Crippen molar-refractivity contribution in [1.82, 2.24) is 5.43 Å². The molecule has 28 heavy (non-hydrogen) atoms. The third-order valence-corrected chi connectivity index (χ3v) is 4.10. The van der Waals surface area contributed by atoms with Gasteiger partial charge in [0.25, 0.3) is 5.91 Å². The number of aryl methyl sites for hydroxylation is 1. The van der Waals surface area contributed by atoms with Crippen molar-refractivity contribution in [2.45, 2.75) is 6.92 Å². The van der Waals surface area contributed by atoms with E-state index >= 15 is 0 Å². The van der Waals surface area contributed by atoms with E-state index in [1.165, 1.54) is 0 Å². The van der Waals surface area contributed by atoms with Gasteiger partial charge in [-0.25, -0.2) is 5.43 Å². The molecule has 2 N–H and O–H groups in total. The zero-order valence-electron chi connectivity index (χ0n) is 15.4. The van der Waals surface area contributed by atoms with Gasteiger partial charge in [0.2, 0.25) is 0 Å². The Labute approximate surface area is 169 Å². The molecule has 142 valence electrons. The van der Waals surface area contributed by atoms with Crippen LogP contribution < -0.4 is 15.5 Å². The van der Waals surface area contributed by atoms with Crippen LogP contribution in [0.3, 0.4) is 0 Å². The first-order valence-electron chi connectivity index (χ1n) is 8.75. The molecule has 0 aliphatic heterocycles. The van der Waals surface area contributed by atoms with Gasteiger partial charge in [-0.3, -0.25) is 4.79 Å². The number of ether oxygens (including phenoxy) is 1. The van der Waals surface area contributed by atoms with Crippen molar-refractivity contribution in [3.8, 4) is 11.5 Å². The number of para-hydroxylation sites is 1. The smallest absolute Gasteiger partial charge is 0.259 e. The Kier molecular flexibility index (Phi) is 6.65. The third kappa shape index (κ3) is 5.86. The van der Waals surface area contributed by atoms with E-state index in [9.17, 15) is 4.79 Å². The molecule has 6 heteroatoms. The third-order valence-electron chi connectivity index (χ3n) is 3.87. The standard InChI is InChI=1S/C22H20ClN3O2/c1-16-12-18(23)10-11-21(16)24-15-22(27)26-25-14-17-6-5-9-20(13-17)28-19-7-3-2-4-8-19/h2-14,24H,15H2,1H3,(H,26,27). The molecule has 3 aromatic carbocycles. The molecule has 1 amide bonds. The van der Waals surface area contributed by atoms with Crippen molar-refractivity contribution in [1.29, 1.82) is 0 Å². The maximum atomic E-state index is 12.0. The molecular weight excluding hydrogens is 374 g/mol. The van der Waals surface area contributed by atoms with Gasteiger partial charge in [-0.05, 0) is 60.5 Å². The number of benzene rings is 3. The van der Waals surface area contributed by atoms with Crippen LogP contribution in [0.15, 0.2) is 77.9 Å². The van der Waals surface area contributed by atoms with Crippen molar-refractivity contribution >= 4 is 29.4 Å². The Bertz CT molecular complexity index is 975. The Morgan fingerprint density at radius 3 is 2.61 bits per heavy atom. The molecule has 5 nitrogen and oxygen atoms in total. The summed E-state index contributed by atoms with van der Waals surface area (Å²) in [5.74, 6) is 1.21. The van der Waals surface area contributed by atoms with E-state index < -0.39 is 0 Å². The van der Waals surface area contributed by atoms with Crippen molar-refractivity contribution in [2.24, 2.45) is 5.10 Å². The minimum absolute atomic E-state index is 0.108. The Morgan fingerprint density at radius 2 is 1.82 bits per heavy atom. The van der Waals surface area contributed by atoms with E-state index in [4.69, 9.17) is 16.3 Å². The number of nitrogens with zero attached hydrogens (tertiary/aromatic N) is 1. The number of rotatable bonds is 7. The minimum Gasteiger partial charge on any atom is -0.457 e. The Morgan fingerprint density at radius 1 is 1.04 bits per heavy atom. The summed E-state index contributed by atoms with van der Waals surface area (Å²) in [6.45, 7) is 2.03. The van der Waals surface area contributed by atoms with Crippen LogP contribution in [0.2, 0.25) is 5.02 Å². The molecule has 0 aromatic heterocycles. The normalized spacial score (nSPS) is 10.6. The van der Waals surface area contributed by atoms with Crippen molar-refractivity contribution in [3.63, 3.8) is 0 Å². The van der Waals surface area contributed by atoms with E-state index in [0.717, 1.165) is 22.6 Å². The van der Waals surface area contributed by atoms with Gasteiger partial charge < -0.3 is 10.1 Å². The zero-order valence-corrected chi connectivity index (χ0v) is 16.1. The lowest BCUT2D eigenvalue weighted by Crippen LogP contribution is -2.26. The fourth-order valence-electron chi connectivity index (χ4n) is 2.50. The minimum atomic E-state index is -0.248. The largest absolute Gasteiger partial charge is 0.457 e. The molecule has 0 unspecified atom stereocenters. The van der Waals surface area contributed by atoms with Crippen LogP contribution in [0.25, 0.3) is 0 Å². The highest BCUT2D eigenvalue weighted by Crippen LogP contribution is 2.21. The van der Waals surface area contributed by atoms with E-state index in [0.29, 0.717) is 10.8 Å². The number of hydrazone groups is 1. The van der Waals surface area contributed by atoms with Gasteiger partial charge in [0, 0.05) is 10.7 Å². The van der Waals surface area contributed by atoms with Gasteiger partial charge in [0.1, 0.15) is 11.5 Å². The summed E-state index contributed by atoms with van der Waals surface area (Å²) in [5, 5.41) is 7.72. The monoisotopic (exact) mass is 393 g/mol. The molecule has 0 saturated carbocycles. The van der Waals surface area contributed by atoms with Crippen LogP contribution in [0, 0.1) is 6.92 Å². The van der Waals surface area contributed by atoms with Crippen LogP contribution in [-0.4, -0.2) is 18.7 Å². The number of hydrogen-bond donors (Lipinski definition) is 2. The van der Waals surface area contributed by atoms with E-state index in [-0.39, 0.29) is 12.5 Å². The first kappa shape index (κ1) is 19.5. The molecular formula is C22H20ClN3O2. The second kappa shape index (κ2) is 9.58. The molecule has 0 saturated heterocycles. The van der Waals surface area contributed by atoms with E-state index in [2.05, 4.69) is 15.8 Å². The first-order valence-corrected chi connectivity index (χ1v) is 9.13. The number of hydrogen-bond acceptors (Lipinski definition) is 4. The molecule has 0 spiro atoms. The predicted octanol–water partition coefficient (Wildman–Crippen LogP) is 5.00. The second-order valence-corrected chi connectivity index (χ2v) is 6.53. The second-order valence-electron chi connectivity index (χ2n) is 6.09. The van der Waals surface area contributed by atoms with Crippen LogP contribution in [0.1, 0.15) is 11.1 Å². The van der Waals surface area contributed by atoms with Crippen molar-refractivity contribution < 1.29 is 9.53 Å². The molecule has 0 radical (unpaired) electrons. The predicted molar refractivity (Wildman–Crippen MR) is 113 cm³/mol. The van der Waals surface area contributed by atoms with Gasteiger partial charge >= 0.3 is 0 Å². The number of halogens is 1. The summed E-state index contributed by atoms with van der Waals surface area (Å²) in [6, 6.07) is 22.4. The lowest BCUT2D eigenvalue weighted by molar-refractivity contribution is -0.119. The summed E-state index contributed by atoms with van der Waals surface area (Å²) in [4.78, 5) is 12.0. The summed E-state index contributed by atoms with van der Waals surface area (Å²) < 4.78 is 5.79. The van der Waals surface area contributed by atoms with Gasteiger partial charge in [-0.2, -0.15) is 5.10 Å². The molecule has 3 aromatic rings. The summed E-state index contributed by atoms with van der Waals surface area (Å²) in [7, 11) is 0. The Hall–Kier alpha value is -3.31. The zero-order chi connectivity index (χ0) is 19.8. The molecule has 0 aliphatic carbocycles. The lowest BCUT2D eigenvalue weighted by Gasteiger charge is -2.08. The number of carbonyl (C=O) groups excluding carboxylic acids is 1. The van der Waals surface area contributed by atoms with Crippen LogP contribution in [-0.2, 0) is 4.79 Å². The average molecular weight is 394 g/mol. The van der Waals surface area contributed by atoms with Crippen LogP contribution in [0.5, 0.6) is 11.5 Å². The first-order chi connectivity index (χ1) is 13.6. The quantitative estimate of drug-likeness (QED) is 0.438. The maximum Gasteiger partial charge on any atom is 0.259 e. The SMILES string of the molecule is Cc1cc(Cl)ccc1NCC(=O)NN=Cc1cccc(Oc2ccccc2)c1. The van der Waals surface area contributed by atoms with Crippen molar-refractivity contribution in [3.05, 3.63) is 88.9 Å². The van der Waals surface area contributed by atoms with Crippen LogP contribution >= 0.6 is 11.6 Å². The molecule has 0 atom stereocenters. The lowest BCUT2D eigenvalue weighted by atomic mass is 10.2. The average Bonchev–Trinajstić information content (AvgIpc) is 2.68. The number of anilines is 1. The fraction of sp³-hybridized carbons (Fsp3) is 0.0909. The summed E-state index contributed by atoms with van der Waals surface area (Å²) in [5.41, 5.74) is 5.14. The number of nitrogens with one attached hydrogen (secondary N) is 2. The Balaban J connectivity index is 1.51. The van der Waals surface area contributed by atoms with Gasteiger partial charge in [-0.1, -0.05) is 41.9 Å². The molecule has 0 aliphatic rings. The topological polar surface area (TPSA) is 62.7 Å². The van der Waals surface area contributed by atoms with Gasteiger partial charge in [0.15, 0.2) is 0 Å². The highest BCUT2D eigenvalue weighted by Gasteiger charge is 2.03. The maximum absolute atomic E-state index is 12.0. The fourth-order valence-corrected chi connectivity index (χ4v) is 2.73. The van der Waals surface area contributed by atoms with Gasteiger partial charge in [0.05, 0.1) is 12.8 Å². The summed E-state index contributed by atoms with van der Waals surface area (Å²) >= 11 is 5.93. The van der Waals surface area contributed by atoms with Gasteiger partial charge in [-0.15, -0.1) is 0 Å².